The van der Waals surface area contributed by atoms with Crippen molar-refractivity contribution in [2.75, 3.05) is 13.9 Å². The number of methoxy groups -OCH3 is 1. The van der Waals surface area contributed by atoms with Crippen molar-refractivity contribution in [3.63, 3.8) is 0 Å². The molecule has 26 heavy (non-hydrogen) atoms. The monoisotopic (exact) mass is 362 g/mol. The van der Waals surface area contributed by atoms with Gasteiger partial charge in [0.05, 0.1) is 7.11 Å². The third kappa shape index (κ3) is 2.07. The number of aryl methyl sites for hydroxylation is 2. The van der Waals surface area contributed by atoms with Crippen molar-refractivity contribution in [3.8, 4) is 22.6 Å². The molecule has 2 heterocycles. The van der Waals surface area contributed by atoms with Gasteiger partial charge in [-0.15, -0.1) is 0 Å². The van der Waals surface area contributed by atoms with Crippen LogP contribution in [0.1, 0.15) is 11.1 Å². The molecule has 0 saturated carbocycles. The molecule has 0 spiro atoms. The number of hydrogen-bond acceptors (Lipinski definition) is 3. The van der Waals surface area contributed by atoms with Crippen LogP contribution in [0.15, 0.2) is 48.5 Å². The number of ether oxygens (including phenoxy) is 3. The molecule has 0 N–H and O–H groups in total. The molecule has 0 saturated heterocycles. The first-order valence-corrected chi connectivity index (χ1v) is 10.0. The molecule has 3 nitrogen and oxygen atoms in total. The fraction of sp³-hybridized carbons (Fsp3) is 0.182. The van der Waals surface area contributed by atoms with Gasteiger partial charge in [0.2, 0.25) is 6.79 Å². The van der Waals surface area contributed by atoms with Gasteiger partial charge in [-0.2, -0.15) is 0 Å². The normalized spacial score (nSPS) is 13.6. The van der Waals surface area contributed by atoms with Crippen molar-refractivity contribution in [2.45, 2.75) is 13.8 Å². The average molecular weight is 362 g/mol. The molecule has 1 unspecified atom stereocenters. The summed E-state index contributed by atoms with van der Waals surface area (Å²) in [7, 11) is 1.11. The maximum Gasteiger partial charge on any atom is 0.231 e. The lowest BCUT2D eigenvalue weighted by Crippen LogP contribution is -1.93. The predicted octanol–water partition coefficient (Wildman–Crippen LogP) is 6.32. The topological polar surface area (TPSA) is 27.7 Å². The zero-order chi connectivity index (χ0) is 17.8. The first-order valence-electron chi connectivity index (χ1n) is 8.66. The van der Waals surface area contributed by atoms with Crippen LogP contribution in [-0.4, -0.2) is 13.9 Å². The highest BCUT2D eigenvalue weighted by Crippen LogP contribution is 2.60. The third-order valence-electron chi connectivity index (χ3n) is 5.09. The molecule has 1 atom stereocenters. The van der Waals surface area contributed by atoms with Gasteiger partial charge in [-0.05, 0) is 48.5 Å². The molecular weight excluding hydrogens is 343 g/mol. The second-order valence-corrected chi connectivity index (χ2v) is 8.81. The van der Waals surface area contributed by atoms with Gasteiger partial charge in [0, 0.05) is 21.0 Å². The van der Waals surface area contributed by atoms with E-state index in [-0.39, 0.29) is 6.79 Å². The Bertz CT molecular complexity index is 1160. The summed E-state index contributed by atoms with van der Waals surface area (Å²) in [6, 6.07) is 17.5. The second kappa shape index (κ2) is 5.69. The van der Waals surface area contributed by atoms with E-state index >= 15 is 0 Å². The fourth-order valence-corrected chi connectivity index (χ4v) is 6.71. The van der Waals surface area contributed by atoms with Crippen LogP contribution in [0.3, 0.4) is 0 Å². The number of fused-ring (bicyclic) bond motifs is 5. The SMILES string of the molecule is COc1cc2c3c4c(c(C)cc3p(-c3ccccc3)c2cc1C)OCO4. The molecule has 0 radical (unpaired) electrons. The molecular formula is C22H19O3P. The highest BCUT2D eigenvalue weighted by Gasteiger charge is 2.26. The Morgan fingerprint density at radius 3 is 2.38 bits per heavy atom. The smallest absolute Gasteiger partial charge is 0.231 e. The highest BCUT2D eigenvalue weighted by molar-refractivity contribution is 7.68. The molecule has 1 aliphatic heterocycles. The van der Waals surface area contributed by atoms with E-state index < -0.39 is 7.53 Å². The van der Waals surface area contributed by atoms with Crippen molar-refractivity contribution >= 4 is 28.5 Å². The van der Waals surface area contributed by atoms with Gasteiger partial charge in [-0.1, -0.05) is 37.9 Å². The van der Waals surface area contributed by atoms with Gasteiger partial charge in [0.1, 0.15) is 5.75 Å². The fourth-order valence-electron chi connectivity index (χ4n) is 3.92. The summed E-state index contributed by atoms with van der Waals surface area (Å²) in [5.41, 5.74) is 2.30. The molecule has 0 fully saturated rings. The summed E-state index contributed by atoms with van der Waals surface area (Å²) >= 11 is 0. The van der Waals surface area contributed by atoms with Gasteiger partial charge in [-0.3, -0.25) is 0 Å². The van der Waals surface area contributed by atoms with Crippen molar-refractivity contribution < 1.29 is 14.2 Å². The van der Waals surface area contributed by atoms with E-state index in [9.17, 15) is 0 Å². The summed E-state index contributed by atoms with van der Waals surface area (Å²) in [5.74, 6) is 2.67. The first kappa shape index (κ1) is 15.6. The number of rotatable bonds is 2. The molecule has 1 aliphatic rings. The Balaban J connectivity index is 2.02. The maximum atomic E-state index is 5.91. The van der Waals surface area contributed by atoms with E-state index in [0.29, 0.717) is 0 Å². The highest BCUT2D eigenvalue weighted by atomic mass is 31.1. The molecule has 0 aliphatic carbocycles. The second-order valence-electron chi connectivity index (χ2n) is 6.66. The Morgan fingerprint density at radius 2 is 1.62 bits per heavy atom. The standard InChI is InChI=1S/C22H19O3P/c1-13-9-18-16(11-17(13)23-3)20-19(26(18)15-7-5-4-6-8-15)10-14(2)21-22(20)25-12-24-21/h4-11H,12H2,1-3H3. The quantitative estimate of drug-likeness (QED) is 0.417. The predicted molar refractivity (Wildman–Crippen MR) is 108 cm³/mol. The number of benzene rings is 3. The van der Waals surface area contributed by atoms with Crippen LogP contribution >= 0.6 is 7.53 Å². The van der Waals surface area contributed by atoms with Crippen LogP contribution in [0.25, 0.3) is 26.3 Å². The average Bonchev–Trinajstić information content (AvgIpc) is 3.24. The summed E-state index contributed by atoms with van der Waals surface area (Å²) in [5, 5.41) is 6.44. The van der Waals surface area contributed by atoms with Gasteiger partial charge < -0.3 is 14.2 Å². The van der Waals surface area contributed by atoms with Crippen LogP contribution in [0.4, 0.5) is 0 Å². The number of hydrogen-bond donors (Lipinski definition) is 0. The lowest BCUT2D eigenvalue weighted by molar-refractivity contribution is 0.174. The van der Waals surface area contributed by atoms with Gasteiger partial charge in [0.15, 0.2) is 11.5 Å². The first-order chi connectivity index (χ1) is 12.7. The van der Waals surface area contributed by atoms with Crippen LogP contribution in [0.5, 0.6) is 17.2 Å². The molecule has 4 heteroatoms. The van der Waals surface area contributed by atoms with E-state index in [4.69, 9.17) is 14.2 Å². The summed E-state index contributed by atoms with van der Waals surface area (Å²) in [6.07, 6.45) is 0. The Labute approximate surface area is 153 Å². The molecule has 0 bridgehead atoms. The van der Waals surface area contributed by atoms with Crippen LogP contribution < -0.4 is 14.2 Å². The van der Waals surface area contributed by atoms with Gasteiger partial charge >= 0.3 is 0 Å². The largest absolute Gasteiger partial charge is 0.496 e. The summed E-state index contributed by atoms with van der Waals surface area (Å²) in [4.78, 5) is 0. The minimum absolute atomic E-state index is 0.286. The van der Waals surface area contributed by atoms with E-state index in [1.165, 1.54) is 26.3 Å². The Hall–Kier alpha value is -2.64. The minimum Gasteiger partial charge on any atom is -0.496 e. The van der Waals surface area contributed by atoms with Crippen LogP contribution in [-0.2, 0) is 0 Å². The lowest BCUT2D eigenvalue weighted by Gasteiger charge is -2.07. The summed E-state index contributed by atoms with van der Waals surface area (Å²) in [6.45, 7) is 4.49. The van der Waals surface area contributed by atoms with Gasteiger partial charge in [-0.25, -0.2) is 0 Å². The molecule has 0 amide bonds. The molecule has 5 rings (SSSR count). The molecule has 1 aromatic heterocycles. The van der Waals surface area contributed by atoms with Crippen molar-refractivity contribution in [3.05, 3.63) is 59.7 Å². The van der Waals surface area contributed by atoms with Crippen molar-refractivity contribution in [1.29, 1.82) is 0 Å². The summed E-state index contributed by atoms with van der Waals surface area (Å²) < 4.78 is 17.3. The van der Waals surface area contributed by atoms with Crippen LogP contribution in [0.2, 0.25) is 0 Å². The Kier molecular flexibility index (Phi) is 3.41. The van der Waals surface area contributed by atoms with Gasteiger partial charge in [0.25, 0.3) is 0 Å². The van der Waals surface area contributed by atoms with Crippen molar-refractivity contribution in [1.82, 2.24) is 0 Å². The van der Waals surface area contributed by atoms with E-state index in [1.807, 2.05) is 0 Å². The van der Waals surface area contributed by atoms with Crippen LogP contribution in [0, 0.1) is 13.8 Å². The lowest BCUT2D eigenvalue weighted by atomic mass is 10.1. The molecule has 3 aromatic carbocycles. The minimum atomic E-state index is -0.619. The zero-order valence-electron chi connectivity index (χ0n) is 15.0. The van der Waals surface area contributed by atoms with E-state index in [2.05, 4.69) is 62.4 Å². The molecule has 4 aromatic rings. The molecule has 130 valence electrons. The van der Waals surface area contributed by atoms with Crippen molar-refractivity contribution in [2.24, 2.45) is 0 Å². The Morgan fingerprint density at radius 1 is 0.885 bits per heavy atom. The zero-order valence-corrected chi connectivity index (χ0v) is 15.9. The van der Waals surface area contributed by atoms with E-state index in [1.54, 1.807) is 7.11 Å². The maximum absolute atomic E-state index is 5.91. The van der Waals surface area contributed by atoms with E-state index in [0.717, 1.165) is 28.4 Å². The third-order valence-corrected chi connectivity index (χ3v) is 7.59.